The molecule has 2 aromatic rings. The van der Waals surface area contributed by atoms with E-state index in [1.807, 2.05) is 0 Å². The lowest BCUT2D eigenvalue weighted by Crippen LogP contribution is -2.12. The first-order chi connectivity index (χ1) is 9.10. The Morgan fingerprint density at radius 3 is 2.84 bits per heavy atom. The van der Waals surface area contributed by atoms with Crippen molar-refractivity contribution in [3.05, 3.63) is 58.1 Å². The van der Waals surface area contributed by atoms with Crippen LogP contribution in [0.2, 0.25) is 0 Å². The topological polar surface area (TPSA) is 65.8 Å². The van der Waals surface area contributed by atoms with Crippen LogP contribution in [0.1, 0.15) is 15.9 Å². The molecule has 0 bridgehead atoms. The molecule has 0 aliphatic heterocycles. The first-order valence-corrected chi connectivity index (χ1v) is 6.01. The van der Waals surface area contributed by atoms with E-state index in [1.165, 1.54) is 18.3 Å². The van der Waals surface area contributed by atoms with Crippen LogP contribution in [0.25, 0.3) is 0 Å². The molecule has 4 nitrogen and oxygen atoms in total. The molecular formula is C13H7BrFN3O. The number of nitriles is 1. The summed E-state index contributed by atoms with van der Waals surface area (Å²) in [7, 11) is 0. The Hall–Kier alpha value is -2.26. The highest BCUT2D eigenvalue weighted by Crippen LogP contribution is 2.16. The third-order valence-electron chi connectivity index (χ3n) is 2.31. The summed E-state index contributed by atoms with van der Waals surface area (Å²) in [4.78, 5) is 15.8. The summed E-state index contributed by atoms with van der Waals surface area (Å²) >= 11 is 3.21. The van der Waals surface area contributed by atoms with Crippen LogP contribution in [-0.4, -0.2) is 10.9 Å². The van der Waals surface area contributed by atoms with Crippen LogP contribution in [0.3, 0.4) is 0 Å². The van der Waals surface area contributed by atoms with Crippen molar-refractivity contribution in [3.63, 3.8) is 0 Å². The van der Waals surface area contributed by atoms with E-state index in [1.54, 1.807) is 18.3 Å². The van der Waals surface area contributed by atoms with E-state index in [0.717, 1.165) is 6.07 Å². The van der Waals surface area contributed by atoms with E-state index < -0.39 is 5.82 Å². The van der Waals surface area contributed by atoms with Crippen LogP contribution in [0.5, 0.6) is 0 Å². The second-order valence-electron chi connectivity index (χ2n) is 3.65. The molecule has 1 amide bonds. The van der Waals surface area contributed by atoms with E-state index in [-0.39, 0.29) is 11.5 Å². The molecule has 1 aromatic heterocycles. The fraction of sp³-hybridized carbons (Fsp3) is 0. The molecule has 0 radical (unpaired) electrons. The molecule has 1 N–H and O–H groups in total. The molecule has 0 spiro atoms. The lowest BCUT2D eigenvalue weighted by atomic mass is 10.2. The van der Waals surface area contributed by atoms with Crippen LogP contribution in [-0.2, 0) is 0 Å². The number of aromatic nitrogens is 1. The highest BCUT2D eigenvalue weighted by molar-refractivity contribution is 9.10. The number of pyridine rings is 1. The van der Waals surface area contributed by atoms with Crippen LogP contribution < -0.4 is 5.32 Å². The highest BCUT2D eigenvalue weighted by atomic mass is 79.9. The first-order valence-electron chi connectivity index (χ1n) is 5.21. The number of hydrogen-bond acceptors (Lipinski definition) is 3. The summed E-state index contributed by atoms with van der Waals surface area (Å²) < 4.78 is 13.8. The number of nitrogens with zero attached hydrogens (tertiary/aromatic N) is 2. The van der Waals surface area contributed by atoms with Gasteiger partial charge in [-0.15, -0.1) is 0 Å². The number of carbonyl (C=O) groups is 1. The van der Waals surface area contributed by atoms with E-state index in [9.17, 15) is 9.18 Å². The van der Waals surface area contributed by atoms with Gasteiger partial charge in [0.05, 0.1) is 11.1 Å². The Balaban J connectivity index is 2.22. The van der Waals surface area contributed by atoms with Gasteiger partial charge in [-0.05, 0) is 40.2 Å². The summed E-state index contributed by atoms with van der Waals surface area (Å²) in [5.74, 6) is -1.01. The zero-order valence-corrected chi connectivity index (χ0v) is 11.1. The number of carbonyl (C=O) groups excluding carboxylic acids is 1. The van der Waals surface area contributed by atoms with E-state index in [4.69, 9.17) is 5.26 Å². The molecule has 0 unspecified atom stereocenters. The zero-order valence-electron chi connectivity index (χ0n) is 9.52. The molecule has 1 aromatic carbocycles. The van der Waals surface area contributed by atoms with Gasteiger partial charge >= 0.3 is 0 Å². The fourth-order valence-electron chi connectivity index (χ4n) is 1.43. The normalized spacial score (nSPS) is 9.74. The molecule has 0 saturated carbocycles. The van der Waals surface area contributed by atoms with Gasteiger partial charge in [-0.25, -0.2) is 4.39 Å². The number of rotatable bonds is 2. The molecular weight excluding hydrogens is 313 g/mol. The Morgan fingerprint density at radius 1 is 1.37 bits per heavy atom. The average molecular weight is 320 g/mol. The van der Waals surface area contributed by atoms with Crippen molar-refractivity contribution in [2.24, 2.45) is 0 Å². The monoisotopic (exact) mass is 319 g/mol. The molecule has 1 heterocycles. The number of amides is 1. The number of anilines is 1. The van der Waals surface area contributed by atoms with Crippen molar-refractivity contribution >= 4 is 27.5 Å². The van der Waals surface area contributed by atoms with Gasteiger partial charge < -0.3 is 5.32 Å². The Labute approximate surface area is 117 Å². The minimum Gasteiger partial charge on any atom is -0.322 e. The van der Waals surface area contributed by atoms with Crippen LogP contribution in [0.15, 0.2) is 41.1 Å². The van der Waals surface area contributed by atoms with Crippen molar-refractivity contribution < 1.29 is 9.18 Å². The predicted octanol–water partition coefficient (Wildman–Crippen LogP) is 3.11. The van der Waals surface area contributed by atoms with Crippen molar-refractivity contribution in [2.45, 2.75) is 0 Å². The van der Waals surface area contributed by atoms with Crippen LogP contribution in [0.4, 0.5) is 10.1 Å². The lowest BCUT2D eigenvalue weighted by molar-refractivity contribution is 0.102. The van der Waals surface area contributed by atoms with E-state index in [0.29, 0.717) is 15.7 Å². The summed E-state index contributed by atoms with van der Waals surface area (Å²) in [5.41, 5.74) is 0.588. The molecule has 19 heavy (non-hydrogen) atoms. The number of nitrogens with one attached hydrogen (secondary N) is 1. The summed E-state index contributed by atoms with van der Waals surface area (Å²) in [6.45, 7) is 0. The van der Waals surface area contributed by atoms with Gasteiger partial charge in [0.15, 0.2) is 0 Å². The van der Waals surface area contributed by atoms with Crippen LogP contribution >= 0.6 is 15.9 Å². The molecule has 0 saturated heterocycles. The summed E-state index contributed by atoms with van der Waals surface area (Å²) in [5, 5.41) is 11.3. The third-order valence-corrected chi connectivity index (χ3v) is 2.75. The number of benzene rings is 1. The van der Waals surface area contributed by atoms with E-state index >= 15 is 0 Å². The summed E-state index contributed by atoms with van der Waals surface area (Å²) in [6.07, 6.45) is 2.97. The quantitative estimate of drug-likeness (QED) is 0.924. The van der Waals surface area contributed by atoms with Crippen molar-refractivity contribution in [1.82, 2.24) is 4.98 Å². The second-order valence-corrected chi connectivity index (χ2v) is 4.57. The molecule has 0 fully saturated rings. The van der Waals surface area contributed by atoms with Gasteiger partial charge in [0.25, 0.3) is 5.91 Å². The first kappa shape index (κ1) is 13.2. The molecule has 0 atom stereocenters. The molecule has 0 aliphatic rings. The third kappa shape index (κ3) is 3.14. The van der Waals surface area contributed by atoms with Crippen molar-refractivity contribution in [2.75, 3.05) is 5.32 Å². The highest BCUT2D eigenvalue weighted by Gasteiger charge is 2.09. The van der Waals surface area contributed by atoms with Gasteiger partial charge in [0.1, 0.15) is 11.9 Å². The standard InChI is InChI=1S/C13H7BrFN3O/c14-10-3-9(6-17-7-10)13(19)18-11-1-2-12(15)8(4-11)5-16/h1-4,6-7H,(H,18,19). The fourth-order valence-corrected chi connectivity index (χ4v) is 1.79. The number of halogens is 2. The molecule has 6 heteroatoms. The molecule has 0 aliphatic carbocycles. The molecule has 2 rings (SSSR count). The maximum absolute atomic E-state index is 13.1. The van der Waals surface area contributed by atoms with Gasteiger partial charge in [-0.1, -0.05) is 0 Å². The molecule has 94 valence electrons. The van der Waals surface area contributed by atoms with E-state index in [2.05, 4.69) is 26.2 Å². The van der Waals surface area contributed by atoms with Gasteiger partial charge in [0, 0.05) is 22.6 Å². The Bertz CT molecular complexity index is 682. The minimum absolute atomic E-state index is 0.120. The minimum atomic E-state index is -0.621. The Kier molecular flexibility index (Phi) is 3.88. The SMILES string of the molecule is N#Cc1cc(NC(=O)c2cncc(Br)c2)ccc1F. The van der Waals surface area contributed by atoms with Crippen molar-refractivity contribution in [3.8, 4) is 6.07 Å². The smallest absolute Gasteiger partial charge is 0.257 e. The van der Waals surface area contributed by atoms with Gasteiger partial charge in [-0.2, -0.15) is 5.26 Å². The largest absolute Gasteiger partial charge is 0.322 e. The van der Waals surface area contributed by atoms with Crippen molar-refractivity contribution in [1.29, 1.82) is 5.26 Å². The van der Waals surface area contributed by atoms with Gasteiger partial charge in [-0.3, -0.25) is 9.78 Å². The van der Waals surface area contributed by atoms with Gasteiger partial charge in [0.2, 0.25) is 0 Å². The lowest BCUT2D eigenvalue weighted by Gasteiger charge is -2.05. The Morgan fingerprint density at radius 2 is 2.16 bits per heavy atom. The maximum atomic E-state index is 13.1. The van der Waals surface area contributed by atoms with Crippen LogP contribution in [0, 0.1) is 17.1 Å². The zero-order chi connectivity index (χ0) is 13.8. The number of hydrogen-bond donors (Lipinski definition) is 1. The summed E-state index contributed by atoms with van der Waals surface area (Å²) in [6, 6.07) is 7.12. The maximum Gasteiger partial charge on any atom is 0.257 e. The predicted molar refractivity (Wildman–Crippen MR) is 71.0 cm³/mol. The second kappa shape index (κ2) is 5.59. The average Bonchev–Trinajstić information content (AvgIpc) is 2.41.